The van der Waals surface area contributed by atoms with E-state index in [4.69, 9.17) is 0 Å². The van der Waals surface area contributed by atoms with Gasteiger partial charge in [0.05, 0.1) is 17.8 Å². The molecule has 1 aliphatic carbocycles. The molecule has 1 atom stereocenters. The maximum atomic E-state index is 13.7. The normalized spacial score (nSPS) is 22.9. The monoisotopic (exact) mass is 327 g/mol. The molecule has 1 aliphatic heterocycles. The van der Waals surface area contributed by atoms with E-state index in [1.54, 1.807) is 12.3 Å². The summed E-state index contributed by atoms with van der Waals surface area (Å²) in [6.07, 6.45) is 10.3. The van der Waals surface area contributed by atoms with Gasteiger partial charge in [0, 0.05) is 25.5 Å². The van der Waals surface area contributed by atoms with Gasteiger partial charge in [-0.25, -0.2) is 9.37 Å². The number of carbonyl (C=O) groups excluding carboxylic acids is 1. The van der Waals surface area contributed by atoms with Crippen molar-refractivity contribution in [3.63, 3.8) is 0 Å². The van der Waals surface area contributed by atoms with Crippen LogP contribution in [0.15, 0.2) is 43.0 Å². The van der Waals surface area contributed by atoms with E-state index in [9.17, 15) is 9.18 Å². The molecule has 1 saturated carbocycles. The summed E-state index contributed by atoms with van der Waals surface area (Å²) in [6, 6.07) is 6.87. The van der Waals surface area contributed by atoms with Crippen LogP contribution in [0.25, 0.3) is 0 Å². The predicted molar refractivity (Wildman–Crippen MR) is 89.0 cm³/mol. The molecule has 1 aromatic carbocycles. The van der Waals surface area contributed by atoms with Gasteiger partial charge in [-0.3, -0.25) is 4.79 Å². The van der Waals surface area contributed by atoms with Crippen molar-refractivity contribution >= 4 is 5.91 Å². The van der Waals surface area contributed by atoms with Crippen molar-refractivity contribution in [2.75, 3.05) is 13.1 Å². The summed E-state index contributed by atoms with van der Waals surface area (Å²) in [5.41, 5.74) is 0.322. The molecule has 0 N–H and O–H groups in total. The zero-order valence-corrected chi connectivity index (χ0v) is 13.7. The summed E-state index contributed by atoms with van der Waals surface area (Å²) in [6.45, 7) is 1.51. The lowest BCUT2D eigenvalue weighted by Crippen LogP contribution is -2.53. The Balaban J connectivity index is 1.57. The van der Waals surface area contributed by atoms with Crippen LogP contribution in [-0.2, 0) is 10.2 Å². The number of nitrogens with zero attached hydrogens (tertiary/aromatic N) is 3. The lowest BCUT2D eigenvalue weighted by Gasteiger charge is -2.46. The highest BCUT2D eigenvalue weighted by Gasteiger charge is 2.48. The third kappa shape index (κ3) is 2.52. The van der Waals surface area contributed by atoms with Gasteiger partial charge in [-0.05, 0) is 43.4 Å². The number of carbonyl (C=O) groups is 1. The second-order valence-electron chi connectivity index (χ2n) is 7.00. The highest BCUT2D eigenvalue weighted by atomic mass is 19.1. The zero-order valence-electron chi connectivity index (χ0n) is 13.7. The number of hydrogen-bond donors (Lipinski definition) is 0. The molecule has 2 fully saturated rings. The Kier molecular flexibility index (Phi) is 3.87. The smallest absolute Gasteiger partial charge is 0.233 e. The molecular formula is C19H22FN3O. The number of piperidine rings is 1. The van der Waals surface area contributed by atoms with Crippen LogP contribution in [-0.4, -0.2) is 33.4 Å². The molecular weight excluding hydrogens is 305 g/mol. The largest absolute Gasteiger partial charge is 0.340 e. The summed E-state index contributed by atoms with van der Waals surface area (Å²) >= 11 is 0. The number of amides is 1. The predicted octanol–water partition coefficient (Wildman–Crippen LogP) is 3.31. The Morgan fingerprint density at radius 3 is 2.83 bits per heavy atom. The molecule has 2 heterocycles. The van der Waals surface area contributed by atoms with Gasteiger partial charge in [-0.15, -0.1) is 0 Å². The maximum absolute atomic E-state index is 13.7. The van der Waals surface area contributed by atoms with Crippen LogP contribution in [0.5, 0.6) is 0 Å². The third-order valence-corrected chi connectivity index (χ3v) is 5.62. The molecule has 2 aliphatic rings. The molecule has 24 heavy (non-hydrogen) atoms. The fourth-order valence-corrected chi connectivity index (χ4v) is 4.11. The summed E-state index contributed by atoms with van der Waals surface area (Å²) in [5, 5.41) is 0. The quantitative estimate of drug-likeness (QED) is 0.867. The lowest BCUT2D eigenvalue weighted by atomic mass is 9.63. The van der Waals surface area contributed by atoms with E-state index in [2.05, 4.69) is 9.55 Å². The zero-order chi connectivity index (χ0) is 16.6. The Morgan fingerprint density at radius 2 is 2.17 bits per heavy atom. The highest BCUT2D eigenvalue weighted by molar-refractivity contribution is 5.89. The molecule has 126 valence electrons. The van der Waals surface area contributed by atoms with E-state index >= 15 is 0 Å². The Bertz CT molecular complexity index is 724. The molecule has 4 rings (SSSR count). The third-order valence-electron chi connectivity index (χ3n) is 5.62. The molecule has 2 aromatic rings. The van der Waals surface area contributed by atoms with Crippen LogP contribution in [0, 0.1) is 5.82 Å². The van der Waals surface area contributed by atoms with Gasteiger partial charge < -0.3 is 9.47 Å². The first kappa shape index (κ1) is 15.4. The second-order valence-corrected chi connectivity index (χ2v) is 7.00. The number of halogens is 1. The summed E-state index contributed by atoms with van der Waals surface area (Å²) in [7, 11) is 0. The number of imidazole rings is 1. The molecule has 1 aromatic heterocycles. The highest BCUT2D eigenvalue weighted by Crippen LogP contribution is 2.46. The number of likely N-dealkylation sites (tertiary alicyclic amines) is 1. The van der Waals surface area contributed by atoms with E-state index in [-0.39, 0.29) is 17.8 Å². The molecule has 0 spiro atoms. The van der Waals surface area contributed by atoms with E-state index in [0.29, 0.717) is 6.54 Å². The van der Waals surface area contributed by atoms with Crippen molar-refractivity contribution in [1.82, 2.24) is 14.5 Å². The van der Waals surface area contributed by atoms with Crippen LogP contribution < -0.4 is 0 Å². The molecule has 1 amide bonds. The van der Waals surface area contributed by atoms with Gasteiger partial charge in [0.25, 0.3) is 0 Å². The molecule has 1 saturated heterocycles. The van der Waals surface area contributed by atoms with Crippen LogP contribution in [0.2, 0.25) is 0 Å². The molecule has 4 nitrogen and oxygen atoms in total. The van der Waals surface area contributed by atoms with Crippen molar-refractivity contribution in [2.24, 2.45) is 0 Å². The Morgan fingerprint density at radius 1 is 1.29 bits per heavy atom. The second kappa shape index (κ2) is 6.04. The van der Waals surface area contributed by atoms with Gasteiger partial charge in [-0.1, -0.05) is 18.6 Å². The maximum Gasteiger partial charge on any atom is 0.233 e. The number of rotatable bonds is 3. The minimum Gasteiger partial charge on any atom is -0.340 e. The summed E-state index contributed by atoms with van der Waals surface area (Å²) in [4.78, 5) is 19.4. The minimum absolute atomic E-state index is 0.171. The first-order valence-corrected chi connectivity index (χ1v) is 8.72. The van der Waals surface area contributed by atoms with Gasteiger partial charge in [-0.2, -0.15) is 0 Å². The standard InChI is InChI=1S/C19H22FN3O/c20-16-5-1-4-15(12-16)19(7-3-8-19)18(24)22-10-2-6-17(13-22)23-11-9-21-14-23/h1,4-5,9,11-12,14,17H,2-3,6-8,10,13H2/t17-/m0/s1. The van der Waals surface area contributed by atoms with Crippen LogP contribution >= 0.6 is 0 Å². The van der Waals surface area contributed by atoms with Crippen molar-refractivity contribution in [2.45, 2.75) is 43.6 Å². The first-order valence-electron chi connectivity index (χ1n) is 8.72. The summed E-state index contributed by atoms with van der Waals surface area (Å²) in [5.74, 6) is -0.0920. The van der Waals surface area contributed by atoms with Crippen LogP contribution in [0.3, 0.4) is 0 Å². The van der Waals surface area contributed by atoms with Gasteiger partial charge in [0.1, 0.15) is 5.82 Å². The summed E-state index contributed by atoms with van der Waals surface area (Å²) < 4.78 is 15.8. The van der Waals surface area contributed by atoms with E-state index in [1.165, 1.54) is 12.1 Å². The SMILES string of the molecule is O=C(N1CCC[C@H](n2ccnc2)C1)C1(c2cccc(F)c2)CCC1. The van der Waals surface area contributed by atoms with Crippen molar-refractivity contribution in [3.8, 4) is 0 Å². The number of aromatic nitrogens is 2. The van der Waals surface area contributed by atoms with Gasteiger partial charge >= 0.3 is 0 Å². The topological polar surface area (TPSA) is 38.1 Å². The average Bonchev–Trinajstić information content (AvgIpc) is 3.08. The average molecular weight is 327 g/mol. The van der Waals surface area contributed by atoms with E-state index in [0.717, 1.165) is 44.2 Å². The fraction of sp³-hybridized carbons (Fsp3) is 0.474. The van der Waals surface area contributed by atoms with Crippen molar-refractivity contribution < 1.29 is 9.18 Å². The minimum atomic E-state index is -0.515. The van der Waals surface area contributed by atoms with Crippen molar-refractivity contribution in [3.05, 3.63) is 54.4 Å². The molecule has 5 heteroatoms. The van der Waals surface area contributed by atoms with Crippen molar-refractivity contribution in [1.29, 1.82) is 0 Å². The first-order chi connectivity index (χ1) is 11.7. The molecule has 0 unspecified atom stereocenters. The van der Waals surface area contributed by atoms with E-state index in [1.807, 2.05) is 23.5 Å². The lowest BCUT2D eigenvalue weighted by molar-refractivity contribution is -0.142. The number of benzene rings is 1. The molecule has 0 radical (unpaired) electrons. The van der Waals surface area contributed by atoms with E-state index < -0.39 is 5.41 Å². The molecule has 0 bridgehead atoms. The van der Waals surface area contributed by atoms with Crippen LogP contribution in [0.1, 0.15) is 43.7 Å². The Labute approximate surface area is 141 Å². The fourth-order valence-electron chi connectivity index (χ4n) is 4.11. The van der Waals surface area contributed by atoms with Crippen LogP contribution in [0.4, 0.5) is 4.39 Å². The van der Waals surface area contributed by atoms with Gasteiger partial charge in [0.2, 0.25) is 5.91 Å². The Hall–Kier alpha value is -2.17. The number of hydrogen-bond acceptors (Lipinski definition) is 2. The van der Waals surface area contributed by atoms with Gasteiger partial charge in [0.15, 0.2) is 0 Å².